The Kier molecular flexibility index (Phi) is 24.7. The van der Waals surface area contributed by atoms with Crippen molar-refractivity contribution in [2.24, 2.45) is 5.92 Å². The number of allylic oxidation sites excluding steroid dienone is 3. The molecule has 5 rings (SSSR count). The molecule has 2 fully saturated rings. The number of benzene rings is 1. The van der Waals surface area contributed by atoms with Gasteiger partial charge in [0.05, 0.1) is 25.3 Å². The first-order chi connectivity index (χ1) is 36.0. The fraction of sp³-hybridized carbons (Fsp3) is 0.604. The molecule has 1 aromatic heterocycles. The van der Waals surface area contributed by atoms with Crippen LogP contribution in [0.2, 0.25) is 5.02 Å². The number of esters is 1. The van der Waals surface area contributed by atoms with E-state index in [1.54, 1.807) is 73.0 Å². The van der Waals surface area contributed by atoms with Crippen molar-refractivity contribution in [3.8, 4) is 5.75 Å². The fourth-order valence-electron chi connectivity index (χ4n) is 8.18. The molecule has 3 aliphatic heterocycles. The number of carbonyl (C=O) groups excluding carboxylic acids is 4. The molecular formula is C53H77ClN4O14S4. The molecule has 0 saturated carbocycles. The molecule has 0 unspecified atom stereocenters. The zero-order valence-corrected chi connectivity index (χ0v) is 49.7. The summed E-state index contributed by atoms with van der Waals surface area (Å²) in [5, 5.41) is 33.1. The first-order valence-corrected chi connectivity index (χ1v) is 29.3. The number of ether oxygens (including phenoxy) is 5. The number of nitrogens with zero attached hydrogens (tertiary/aromatic N) is 3. The van der Waals surface area contributed by atoms with Gasteiger partial charge in [0.15, 0.2) is 5.72 Å². The van der Waals surface area contributed by atoms with Gasteiger partial charge in [0.25, 0.3) is 0 Å². The number of halogens is 1. The Morgan fingerprint density at radius 1 is 1.07 bits per heavy atom. The standard InChI is InChI=1S/C41H58ClN3O12S2.C11H15NO2S2.CH4/c1-23-12-11-13-30(54-10)41(52)22-29(55-38(51)43-41)24(2)36-40(6,57-36)31(21-33(47)45(8)27-19-26(18-23)20-28(53-9)35(27)42)56-37(50)25(3)44(7)32(46)15-17-58-59-39(4,5)16-14-34(48)49;1-11(2,7-6-10(13)14)16-15-9-5-3-4-8-12-9;/h11-13,19-20,24-25,29-31,36,52H,14-18,21-22H2,1-10H3,(H,43,51)(H,48,49);3-5,8H,6-7H2,1-2H3,(H,13,14);1H4/b13-11+,23-12+;;/t24-,25+,29+,30-,31+,36+,40+,41+;;/m1../s1/i;;1D. The van der Waals surface area contributed by atoms with Gasteiger partial charge >= 0.3 is 24.0 Å². The number of likely N-dealkylation sites (N-methyl/N-ethyl adjacent to an activating group) is 1. The van der Waals surface area contributed by atoms with Crippen LogP contribution in [0, 0.1) is 5.92 Å². The zero-order valence-electron chi connectivity index (χ0n) is 46.7. The molecule has 0 radical (unpaired) electrons. The van der Waals surface area contributed by atoms with Gasteiger partial charge in [-0.3, -0.25) is 24.5 Å². The van der Waals surface area contributed by atoms with E-state index >= 15 is 0 Å². The lowest BCUT2D eigenvalue weighted by atomic mass is 9.83. The first-order valence-electron chi connectivity index (χ1n) is 25.4. The van der Waals surface area contributed by atoms with E-state index in [9.17, 15) is 33.9 Å². The Hall–Kier alpha value is -4.16. The number of hydrogen-bond donors (Lipinski definition) is 4. The second kappa shape index (κ2) is 29.2. The van der Waals surface area contributed by atoms with Gasteiger partial charge in [0, 0.05) is 75.6 Å². The summed E-state index contributed by atoms with van der Waals surface area (Å²) in [6.07, 6.45) is 3.97. The van der Waals surface area contributed by atoms with E-state index in [1.165, 1.54) is 67.0 Å². The first kappa shape index (κ1) is 64.4. The largest absolute Gasteiger partial charge is 0.495 e. The molecule has 4 bridgehead atoms. The molecule has 4 N–H and O–H groups in total. The molecule has 4 heterocycles. The van der Waals surface area contributed by atoms with Crippen molar-refractivity contribution in [2.75, 3.05) is 39.0 Å². The summed E-state index contributed by atoms with van der Waals surface area (Å²) in [6.45, 7) is 14.9. The number of hydrogen-bond acceptors (Lipinski definition) is 17. The van der Waals surface area contributed by atoms with Crippen LogP contribution in [-0.4, -0.2) is 146 Å². The lowest BCUT2D eigenvalue weighted by Gasteiger charge is -2.42. The normalized spacial score (nSPS) is 25.4. The molecule has 0 aliphatic carbocycles. The van der Waals surface area contributed by atoms with Crippen molar-refractivity contribution in [3.63, 3.8) is 0 Å². The van der Waals surface area contributed by atoms with Crippen LogP contribution in [0.4, 0.5) is 10.5 Å². The predicted molar refractivity (Wildman–Crippen MR) is 302 cm³/mol. The van der Waals surface area contributed by atoms with Crippen molar-refractivity contribution >= 4 is 96.3 Å². The Bertz CT molecular complexity index is 2410. The van der Waals surface area contributed by atoms with Gasteiger partial charge < -0.3 is 48.8 Å². The van der Waals surface area contributed by atoms with Gasteiger partial charge in [-0.05, 0) is 108 Å². The summed E-state index contributed by atoms with van der Waals surface area (Å²) in [5.74, 6) is -2.90. The van der Waals surface area contributed by atoms with Gasteiger partial charge in [0.1, 0.15) is 45.8 Å². The van der Waals surface area contributed by atoms with E-state index in [2.05, 4.69) is 24.1 Å². The minimum absolute atomic E-state index is 0.0448. The van der Waals surface area contributed by atoms with Gasteiger partial charge in [-0.25, -0.2) is 14.6 Å². The second-order valence-electron chi connectivity index (χ2n) is 20.2. The highest BCUT2D eigenvalue weighted by atomic mass is 35.5. The Balaban J connectivity index is 0.000000735. The van der Waals surface area contributed by atoms with Crippen molar-refractivity contribution in [2.45, 2.75) is 170 Å². The number of aromatic nitrogens is 1. The lowest BCUT2D eigenvalue weighted by Crippen LogP contribution is -2.63. The molecule has 3 aliphatic rings. The number of methoxy groups -OCH3 is 2. The van der Waals surface area contributed by atoms with E-state index in [0.717, 1.165) is 16.2 Å². The molecule has 2 aromatic rings. The van der Waals surface area contributed by atoms with E-state index in [0.29, 0.717) is 36.5 Å². The minimum atomic E-state index is -1.85. The molecule has 8 atom stereocenters. The minimum Gasteiger partial charge on any atom is -0.495 e. The summed E-state index contributed by atoms with van der Waals surface area (Å²) in [4.78, 5) is 82.6. The van der Waals surface area contributed by atoms with E-state index in [1.807, 2.05) is 45.0 Å². The molecule has 1 aromatic carbocycles. The number of pyridine rings is 1. The van der Waals surface area contributed by atoms with E-state index in [4.69, 9.17) is 46.9 Å². The third-order valence-electron chi connectivity index (χ3n) is 13.1. The fourth-order valence-corrected chi connectivity index (χ4v) is 13.3. The van der Waals surface area contributed by atoms with Crippen molar-refractivity contribution < 1.29 is 69.1 Å². The number of aliphatic hydroxyl groups is 1. The summed E-state index contributed by atoms with van der Waals surface area (Å²) in [7, 11) is 13.4. The Morgan fingerprint density at radius 2 is 1.71 bits per heavy atom. The number of carboxylic acids is 2. The van der Waals surface area contributed by atoms with Crippen LogP contribution in [0.5, 0.6) is 5.75 Å². The van der Waals surface area contributed by atoms with Crippen LogP contribution in [0.25, 0.3) is 0 Å². The van der Waals surface area contributed by atoms with Crippen LogP contribution in [-0.2, 0) is 49.3 Å². The molecule has 23 heteroatoms. The van der Waals surface area contributed by atoms with E-state index in [-0.39, 0.29) is 52.5 Å². The third kappa shape index (κ3) is 19.3. The van der Waals surface area contributed by atoms with Crippen LogP contribution in [0.1, 0.15) is 115 Å². The van der Waals surface area contributed by atoms with Crippen LogP contribution in [0.3, 0.4) is 0 Å². The Labute approximate surface area is 470 Å². The number of nitrogens with one attached hydrogen (secondary N) is 1. The molecule has 0 spiro atoms. The lowest BCUT2D eigenvalue weighted by molar-refractivity contribution is -0.162. The van der Waals surface area contributed by atoms with Gasteiger partial charge in [-0.15, -0.1) is 0 Å². The number of amides is 3. The highest BCUT2D eigenvalue weighted by Gasteiger charge is 2.64. The van der Waals surface area contributed by atoms with Crippen LogP contribution in [0.15, 0.2) is 65.4 Å². The van der Waals surface area contributed by atoms with E-state index < -0.39 is 77.6 Å². The van der Waals surface area contributed by atoms with Crippen molar-refractivity contribution in [3.05, 3.63) is 70.9 Å². The molecule has 424 valence electrons. The zero-order chi connectivity index (χ0) is 58.1. The summed E-state index contributed by atoms with van der Waals surface area (Å²) < 4.78 is 34.7. The quantitative estimate of drug-likeness (QED) is 0.0442. The topological polar surface area (TPSA) is 244 Å². The number of epoxide rings is 1. The third-order valence-corrected chi connectivity index (χ3v) is 20.1. The molecule has 76 heavy (non-hydrogen) atoms. The predicted octanol–water partition coefficient (Wildman–Crippen LogP) is 10.0. The highest BCUT2D eigenvalue weighted by Crippen LogP contribution is 2.49. The summed E-state index contributed by atoms with van der Waals surface area (Å²) >= 11 is 6.78. The summed E-state index contributed by atoms with van der Waals surface area (Å²) in [6, 6.07) is 8.30. The smallest absolute Gasteiger partial charge is 0.409 e. The summed E-state index contributed by atoms with van der Waals surface area (Å²) in [5.41, 5.74) is -1.02. The number of anilines is 1. The molecule has 2 saturated heterocycles. The van der Waals surface area contributed by atoms with Crippen molar-refractivity contribution in [1.29, 1.82) is 0 Å². The number of carbonyl (C=O) groups is 6. The van der Waals surface area contributed by atoms with Crippen LogP contribution < -0.4 is 15.0 Å². The maximum Gasteiger partial charge on any atom is 0.409 e. The molecule has 3 amide bonds. The van der Waals surface area contributed by atoms with Gasteiger partial charge in [0.2, 0.25) is 11.8 Å². The second-order valence-corrected chi connectivity index (χ2v) is 26.6. The molecular weight excluding hydrogens is 1080 g/mol. The maximum absolute atomic E-state index is 14.2. The van der Waals surface area contributed by atoms with Crippen molar-refractivity contribution in [1.82, 2.24) is 15.2 Å². The average molecular weight is 1160 g/mol. The highest BCUT2D eigenvalue weighted by molar-refractivity contribution is 8.77. The monoisotopic (exact) mass is 1160 g/mol. The maximum atomic E-state index is 14.2. The van der Waals surface area contributed by atoms with Gasteiger partial charge in [-0.2, -0.15) is 0 Å². The SMILES string of the molecule is CC(C)(CCC(=O)O)SSc1ccccn1.COc1cc2cc(c1Cl)N(C)C(=O)C[C@H](OC(=O)[C@H](C)N(C)C(=O)CCSSC(C)(C)CCC(=O)O)[C@]1(C)O[C@H]1[C@H](C)[C@@H]1C[C@@](O)(NC(=O)O1)[C@H](OC)/C=C/C=C(\C)C2.[2H]C. The number of rotatable bonds is 19. The number of fused-ring (bicyclic) bond motifs is 5. The Morgan fingerprint density at radius 3 is 2.30 bits per heavy atom. The number of aliphatic carboxylic acids is 2. The molecule has 18 nitrogen and oxygen atoms in total. The number of carboxylic acid groups (broad SMARTS) is 2. The van der Waals surface area contributed by atoms with Crippen LogP contribution >= 0.6 is 54.8 Å². The average Bonchev–Trinajstić information content (AvgIpc) is 4.08. The van der Waals surface area contributed by atoms with Gasteiger partial charge in [-0.1, -0.05) is 88.2 Å². The number of alkyl carbamates (subject to hydrolysis) is 1.